The normalized spacial score (nSPS) is 8.44. The first-order valence-corrected chi connectivity index (χ1v) is 3.13. The maximum atomic E-state index is 10.1. The van der Waals surface area contributed by atoms with Crippen molar-refractivity contribution in [3.63, 3.8) is 0 Å². The van der Waals surface area contributed by atoms with Crippen LogP contribution in [0.3, 0.4) is 0 Å². The van der Waals surface area contributed by atoms with E-state index in [4.69, 9.17) is 0 Å². The Labute approximate surface area is 66.4 Å². The van der Waals surface area contributed by atoms with Gasteiger partial charge in [0.1, 0.15) is 0 Å². The van der Waals surface area contributed by atoms with Crippen molar-refractivity contribution in [2.75, 3.05) is 0 Å². The van der Waals surface area contributed by atoms with Gasteiger partial charge in [0, 0.05) is 5.30 Å². The molecule has 1 aromatic rings. The predicted molar refractivity (Wildman–Crippen MR) is 43.6 cm³/mol. The molecule has 46 valence electrons. The van der Waals surface area contributed by atoms with Gasteiger partial charge in [-0.2, -0.15) is 0 Å². The summed E-state index contributed by atoms with van der Waals surface area (Å²) >= 11 is 0. The zero-order valence-corrected chi connectivity index (χ0v) is 5.14. The van der Waals surface area contributed by atoms with Crippen molar-refractivity contribution < 1.29 is 4.57 Å². The van der Waals surface area contributed by atoms with Crippen LogP contribution in [0.4, 0.5) is 0 Å². The molecule has 1 aromatic carbocycles. The predicted octanol–water partition coefficient (Wildman–Crippen LogP) is 0.420. The highest BCUT2D eigenvalue weighted by Crippen LogP contribution is 1.92. The maximum Gasteiger partial charge on any atom is 0.192 e. The van der Waals surface area contributed by atoms with Crippen LogP contribution in [-0.2, 0) is 4.57 Å². The Morgan fingerprint density at radius 2 is 1.67 bits per heavy atom. The van der Waals surface area contributed by atoms with E-state index in [1.165, 1.54) is 0 Å². The molecular weight excluding hydrogens is 146 g/mol. The Kier molecular flexibility index (Phi) is 4.63. The monoisotopic (exact) mass is 154 g/mol. The van der Waals surface area contributed by atoms with E-state index in [1.807, 2.05) is 30.3 Å². The largest absolute Gasteiger partial charge is 0.269 e. The van der Waals surface area contributed by atoms with Crippen LogP contribution in [0.1, 0.15) is 0 Å². The van der Waals surface area contributed by atoms with Gasteiger partial charge in [0.2, 0.25) is 0 Å². The number of hydrogen-bond acceptors (Lipinski definition) is 1. The first kappa shape index (κ1) is 8.85. The number of rotatable bonds is 1. The second kappa shape index (κ2) is 4.71. The Balaban J connectivity index is 0.000000640. The summed E-state index contributed by atoms with van der Waals surface area (Å²) in [6.07, 6.45) is 0. The molecule has 3 heteroatoms. The highest BCUT2D eigenvalue weighted by atomic mass is 31.1. The van der Waals surface area contributed by atoms with Gasteiger partial charge in [-0.1, -0.05) is 18.2 Å². The quantitative estimate of drug-likeness (QED) is 0.423. The van der Waals surface area contributed by atoms with Gasteiger partial charge in [-0.15, -0.1) is 0 Å². The average molecular weight is 154 g/mol. The summed E-state index contributed by atoms with van der Waals surface area (Å²) in [4.78, 5) is 0. The second-order valence-corrected chi connectivity index (χ2v) is 2.13. The van der Waals surface area contributed by atoms with E-state index in [2.05, 4.69) is 0 Å². The third-order valence-electron chi connectivity index (χ3n) is 0.862. The Bertz CT molecular complexity index is 176. The van der Waals surface area contributed by atoms with Crippen molar-refractivity contribution in [1.82, 2.24) is 0 Å². The van der Waals surface area contributed by atoms with Gasteiger partial charge in [0.15, 0.2) is 25.8 Å². The molecule has 0 N–H and O–H groups in total. The molecule has 0 spiro atoms. The van der Waals surface area contributed by atoms with E-state index in [0.29, 0.717) is 0 Å². The zero-order valence-electron chi connectivity index (χ0n) is 4.24. The lowest BCUT2D eigenvalue weighted by Crippen LogP contribution is -1.84. The molecule has 0 aliphatic heterocycles. The minimum atomic E-state index is 0. The molecule has 0 unspecified atom stereocenters. The smallest absolute Gasteiger partial charge is 0.192 e. The molecule has 1 rings (SSSR count). The van der Waals surface area contributed by atoms with Crippen molar-refractivity contribution in [3.05, 3.63) is 30.3 Å². The molecule has 0 bridgehead atoms. The highest BCUT2D eigenvalue weighted by molar-refractivity contribution is 7.34. The standard InChI is InChI=1S/C6H5OP.Al.3H/c7-8-6-4-2-1-3-5-6;;;;/h1-5H;;;;. The fourth-order valence-corrected chi connectivity index (χ4v) is 0.783. The number of hydrogen-bond donors (Lipinski definition) is 0. The highest BCUT2D eigenvalue weighted by Gasteiger charge is 1.81. The molecule has 0 amide bonds. The average Bonchev–Trinajstić information content (AvgIpc) is 1.90. The van der Waals surface area contributed by atoms with Crippen molar-refractivity contribution in [2.45, 2.75) is 0 Å². The van der Waals surface area contributed by atoms with Gasteiger partial charge in [0.25, 0.3) is 0 Å². The van der Waals surface area contributed by atoms with Crippen LogP contribution in [0.25, 0.3) is 0 Å². The van der Waals surface area contributed by atoms with Crippen LogP contribution < -0.4 is 5.30 Å². The lowest BCUT2D eigenvalue weighted by molar-refractivity contribution is 0.603. The molecule has 1 nitrogen and oxygen atoms in total. The minimum absolute atomic E-state index is 0. The molecule has 0 aromatic heterocycles. The Morgan fingerprint density at radius 3 is 2.00 bits per heavy atom. The van der Waals surface area contributed by atoms with Crippen molar-refractivity contribution in [3.8, 4) is 0 Å². The van der Waals surface area contributed by atoms with Crippen LogP contribution in [0.15, 0.2) is 30.3 Å². The molecule has 0 aliphatic carbocycles. The van der Waals surface area contributed by atoms with Gasteiger partial charge < -0.3 is 0 Å². The molecule has 0 fully saturated rings. The molecule has 0 atom stereocenters. The third-order valence-corrected chi connectivity index (χ3v) is 1.37. The Morgan fingerprint density at radius 1 is 1.11 bits per heavy atom. The lowest BCUT2D eigenvalue weighted by Gasteiger charge is -1.80. The van der Waals surface area contributed by atoms with E-state index in [-0.39, 0.29) is 25.8 Å². The van der Waals surface area contributed by atoms with Crippen LogP contribution in [0.2, 0.25) is 0 Å². The summed E-state index contributed by atoms with van der Waals surface area (Å²) < 4.78 is 10.1. The summed E-state index contributed by atoms with van der Waals surface area (Å²) in [5.41, 5.74) is 0. The fourth-order valence-electron chi connectivity index (χ4n) is 0.489. The molecule has 0 saturated heterocycles. The van der Waals surface area contributed by atoms with Crippen LogP contribution in [0, 0.1) is 0 Å². The van der Waals surface area contributed by atoms with Crippen molar-refractivity contribution >= 4 is 31.1 Å². The first-order valence-electron chi connectivity index (χ1n) is 2.32. The minimum Gasteiger partial charge on any atom is -0.269 e. The molecular formula is C6H8AlOP. The van der Waals surface area contributed by atoms with E-state index >= 15 is 0 Å². The molecule has 0 heterocycles. The Hall–Kier alpha value is -0.148. The van der Waals surface area contributed by atoms with Gasteiger partial charge in [-0.05, 0) is 12.1 Å². The second-order valence-electron chi connectivity index (χ2n) is 1.43. The lowest BCUT2D eigenvalue weighted by atomic mass is 10.4. The SMILES string of the molecule is O=Pc1ccccc1.[AlH3]. The summed E-state index contributed by atoms with van der Waals surface area (Å²) in [5, 5.41) is 0.826. The zero-order chi connectivity index (χ0) is 5.82. The summed E-state index contributed by atoms with van der Waals surface area (Å²) in [6.45, 7) is 0. The molecule has 0 radical (unpaired) electrons. The van der Waals surface area contributed by atoms with Crippen LogP contribution >= 0.6 is 8.46 Å². The topological polar surface area (TPSA) is 17.1 Å². The van der Waals surface area contributed by atoms with Gasteiger partial charge in [0.05, 0.1) is 0 Å². The maximum absolute atomic E-state index is 10.1. The molecule has 0 aliphatic rings. The van der Waals surface area contributed by atoms with Gasteiger partial charge >= 0.3 is 0 Å². The number of benzene rings is 1. The van der Waals surface area contributed by atoms with E-state index in [1.54, 1.807) is 0 Å². The fraction of sp³-hybridized carbons (Fsp3) is 0. The van der Waals surface area contributed by atoms with Crippen LogP contribution in [0.5, 0.6) is 0 Å². The summed E-state index contributed by atoms with van der Waals surface area (Å²) in [6, 6.07) is 9.25. The van der Waals surface area contributed by atoms with E-state index in [9.17, 15) is 4.57 Å². The summed E-state index contributed by atoms with van der Waals surface area (Å²) in [5.74, 6) is 0. The van der Waals surface area contributed by atoms with Crippen molar-refractivity contribution in [1.29, 1.82) is 0 Å². The molecule has 9 heavy (non-hydrogen) atoms. The first-order chi connectivity index (χ1) is 3.93. The van der Waals surface area contributed by atoms with E-state index in [0.717, 1.165) is 5.30 Å². The summed E-state index contributed by atoms with van der Waals surface area (Å²) in [7, 11) is 0.0994. The van der Waals surface area contributed by atoms with Gasteiger partial charge in [-0.3, -0.25) is 4.57 Å². The van der Waals surface area contributed by atoms with Gasteiger partial charge in [-0.25, -0.2) is 0 Å². The van der Waals surface area contributed by atoms with Crippen LogP contribution in [-0.4, -0.2) is 17.4 Å². The third kappa shape index (κ3) is 2.77. The molecule has 0 saturated carbocycles. The van der Waals surface area contributed by atoms with Crippen molar-refractivity contribution in [2.24, 2.45) is 0 Å². The van der Waals surface area contributed by atoms with E-state index < -0.39 is 0 Å².